The van der Waals surface area contributed by atoms with E-state index >= 15 is 0 Å². The Bertz CT molecular complexity index is 1030. The van der Waals surface area contributed by atoms with E-state index in [9.17, 15) is 9.59 Å². The molecule has 37 heavy (non-hydrogen) atoms. The molecule has 0 spiro atoms. The Morgan fingerprint density at radius 2 is 1.65 bits per heavy atom. The van der Waals surface area contributed by atoms with Gasteiger partial charge in [-0.1, -0.05) is 37.5 Å². The van der Waals surface area contributed by atoms with E-state index in [4.69, 9.17) is 20.9 Å². The molecule has 0 aromatic heterocycles. The Morgan fingerprint density at radius 1 is 0.946 bits per heavy atom. The topological polar surface area (TPSA) is 105 Å². The zero-order chi connectivity index (χ0) is 26.5. The lowest BCUT2D eigenvalue weighted by atomic mass is 9.80. The van der Waals surface area contributed by atoms with Crippen molar-refractivity contribution >= 4 is 29.4 Å². The average Bonchev–Trinajstić information content (AvgIpc) is 2.88. The molecule has 2 aromatic rings. The van der Waals surface area contributed by atoms with Gasteiger partial charge in [0, 0.05) is 23.9 Å². The van der Waals surface area contributed by atoms with Gasteiger partial charge in [-0.05, 0) is 92.0 Å². The quantitative estimate of drug-likeness (QED) is 0.0806. The highest BCUT2D eigenvalue weighted by Gasteiger charge is 2.27. The predicted molar refractivity (Wildman–Crippen MR) is 150 cm³/mol. The van der Waals surface area contributed by atoms with Crippen molar-refractivity contribution in [1.29, 1.82) is 0 Å². The molecule has 4 N–H and O–H groups in total. The molecular formula is C31H40N2O4. The van der Waals surface area contributed by atoms with Crippen molar-refractivity contribution in [3.05, 3.63) is 72.3 Å². The summed E-state index contributed by atoms with van der Waals surface area (Å²) in [6, 6.07) is 12.4. The fourth-order valence-corrected chi connectivity index (χ4v) is 4.80. The van der Waals surface area contributed by atoms with Crippen molar-refractivity contribution in [3.8, 4) is 5.75 Å². The molecule has 0 aliphatic heterocycles. The van der Waals surface area contributed by atoms with Crippen LogP contribution in [0.5, 0.6) is 5.75 Å². The maximum atomic E-state index is 12.6. The summed E-state index contributed by atoms with van der Waals surface area (Å²) >= 11 is 0. The van der Waals surface area contributed by atoms with Crippen LogP contribution in [0.4, 0.5) is 11.4 Å². The summed E-state index contributed by atoms with van der Waals surface area (Å²) in [7, 11) is 0. The number of carbonyl (C=O) groups excluding carboxylic acids is 2. The van der Waals surface area contributed by atoms with Gasteiger partial charge in [0.05, 0.1) is 12.5 Å². The van der Waals surface area contributed by atoms with E-state index in [-0.39, 0.29) is 18.5 Å². The second-order valence-electron chi connectivity index (χ2n) is 9.89. The molecule has 1 saturated carbocycles. The second-order valence-corrected chi connectivity index (χ2v) is 9.89. The van der Waals surface area contributed by atoms with Gasteiger partial charge in [0.2, 0.25) is 0 Å². The van der Waals surface area contributed by atoms with E-state index in [1.807, 2.05) is 30.3 Å². The number of carbonyl (C=O) groups is 2. The highest BCUT2D eigenvalue weighted by molar-refractivity contribution is 5.87. The Morgan fingerprint density at radius 3 is 2.32 bits per heavy atom. The number of hydrogen-bond acceptors (Lipinski definition) is 6. The molecule has 0 amide bonds. The van der Waals surface area contributed by atoms with Gasteiger partial charge in [0.25, 0.3) is 0 Å². The summed E-state index contributed by atoms with van der Waals surface area (Å²) in [4.78, 5) is 24.6. The number of benzene rings is 2. The first-order valence-corrected chi connectivity index (χ1v) is 13.4. The Labute approximate surface area is 220 Å². The summed E-state index contributed by atoms with van der Waals surface area (Å²) < 4.78 is 10.9. The van der Waals surface area contributed by atoms with Gasteiger partial charge in [0.15, 0.2) is 0 Å². The van der Waals surface area contributed by atoms with Crippen LogP contribution in [-0.4, -0.2) is 18.5 Å². The van der Waals surface area contributed by atoms with Crippen LogP contribution >= 0.6 is 0 Å². The van der Waals surface area contributed by atoms with Crippen LogP contribution in [-0.2, 0) is 20.7 Å². The number of esters is 2. The average molecular weight is 505 g/mol. The molecule has 0 saturated heterocycles. The third-order valence-corrected chi connectivity index (χ3v) is 6.88. The third-order valence-electron chi connectivity index (χ3n) is 6.88. The molecule has 1 aliphatic rings. The fraction of sp³-hybridized carbons (Fsp3) is 0.419. The SMILES string of the molecule is C=CCCCCCC1CCC(C(=O)Oc2ccc(/C=C/C(=O)OCCc3cc(N)cc(N)c3)cc2)CC1. The zero-order valence-electron chi connectivity index (χ0n) is 21.7. The first-order chi connectivity index (χ1) is 17.9. The minimum absolute atomic E-state index is 0.0184. The van der Waals surface area contributed by atoms with Crippen LogP contribution in [0.25, 0.3) is 6.08 Å². The van der Waals surface area contributed by atoms with Crippen molar-refractivity contribution in [1.82, 2.24) is 0 Å². The molecule has 1 aliphatic carbocycles. The number of ether oxygens (including phenoxy) is 2. The number of nitrogen functional groups attached to an aromatic ring is 2. The summed E-state index contributed by atoms with van der Waals surface area (Å²) in [6.07, 6.45) is 15.7. The van der Waals surface area contributed by atoms with E-state index < -0.39 is 5.97 Å². The molecule has 0 bridgehead atoms. The van der Waals surface area contributed by atoms with Gasteiger partial charge >= 0.3 is 11.9 Å². The Kier molecular flexibility index (Phi) is 11.3. The van der Waals surface area contributed by atoms with Crippen molar-refractivity contribution in [2.75, 3.05) is 18.1 Å². The van der Waals surface area contributed by atoms with Gasteiger partial charge in [-0.15, -0.1) is 6.58 Å². The summed E-state index contributed by atoms with van der Waals surface area (Å²) in [5.41, 5.74) is 14.5. The number of nitrogens with two attached hydrogens (primary N) is 2. The number of allylic oxidation sites excluding steroid dienone is 1. The second kappa shape index (κ2) is 14.9. The van der Waals surface area contributed by atoms with Crippen molar-refractivity contribution < 1.29 is 19.1 Å². The van der Waals surface area contributed by atoms with Crippen LogP contribution < -0.4 is 16.2 Å². The largest absolute Gasteiger partial charge is 0.462 e. The number of anilines is 2. The van der Waals surface area contributed by atoms with Gasteiger partial charge < -0.3 is 20.9 Å². The van der Waals surface area contributed by atoms with E-state index in [1.54, 1.807) is 24.3 Å². The molecule has 1 fully saturated rings. The van der Waals surface area contributed by atoms with Crippen molar-refractivity contribution in [2.45, 2.75) is 64.2 Å². The highest BCUT2D eigenvalue weighted by Crippen LogP contribution is 2.33. The molecule has 2 aromatic carbocycles. The van der Waals surface area contributed by atoms with Crippen molar-refractivity contribution in [3.63, 3.8) is 0 Å². The normalized spacial score (nSPS) is 17.4. The fourth-order valence-electron chi connectivity index (χ4n) is 4.80. The summed E-state index contributed by atoms with van der Waals surface area (Å²) in [5, 5.41) is 0. The van der Waals surface area contributed by atoms with Gasteiger partial charge in [0.1, 0.15) is 5.75 Å². The van der Waals surface area contributed by atoms with Gasteiger partial charge in [-0.2, -0.15) is 0 Å². The van der Waals surface area contributed by atoms with Crippen LogP contribution in [0.15, 0.2) is 61.2 Å². The summed E-state index contributed by atoms with van der Waals surface area (Å²) in [6.45, 7) is 4.01. The maximum Gasteiger partial charge on any atom is 0.330 e. The molecule has 6 heteroatoms. The lowest BCUT2D eigenvalue weighted by Crippen LogP contribution is -2.25. The van der Waals surface area contributed by atoms with Crippen molar-refractivity contribution in [2.24, 2.45) is 11.8 Å². The molecule has 3 rings (SSSR count). The lowest BCUT2D eigenvalue weighted by molar-refractivity contribution is -0.140. The van der Waals surface area contributed by atoms with E-state index in [0.717, 1.165) is 49.1 Å². The van der Waals surface area contributed by atoms with Crippen LogP contribution in [0.2, 0.25) is 0 Å². The highest BCUT2D eigenvalue weighted by atomic mass is 16.5. The minimum atomic E-state index is -0.431. The first kappa shape index (κ1) is 28.0. The van der Waals surface area contributed by atoms with Gasteiger partial charge in [-0.25, -0.2) is 4.79 Å². The number of rotatable bonds is 13. The van der Waals surface area contributed by atoms with Crippen LogP contribution in [0.1, 0.15) is 68.9 Å². The van der Waals surface area contributed by atoms with Gasteiger partial charge in [-0.3, -0.25) is 4.79 Å². The lowest BCUT2D eigenvalue weighted by Gasteiger charge is -2.27. The molecule has 0 atom stereocenters. The molecule has 0 radical (unpaired) electrons. The maximum absolute atomic E-state index is 12.6. The van der Waals surface area contributed by atoms with E-state index in [0.29, 0.717) is 23.5 Å². The number of hydrogen-bond donors (Lipinski definition) is 2. The molecule has 198 valence electrons. The van der Waals surface area contributed by atoms with E-state index in [1.165, 1.54) is 31.8 Å². The monoisotopic (exact) mass is 504 g/mol. The number of unbranched alkanes of at least 4 members (excludes halogenated alkanes) is 3. The van der Waals surface area contributed by atoms with E-state index in [2.05, 4.69) is 6.58 Å². The zero-order valence-corrected chi connectivity index (χ0v) is 21.7. The molecule has 6 nitrogen and oxygen atoms in total. The smallest absolute Gasteiger partial charge is 0.330 e. The third kappa shape index (κ3) is 10.2. The molecular weight excluding hydrogens is 464 g/mol. The van der Waals surface area contributed by atoms with Crippen LogP contribution in [0, 0.1) is 11.8 Å². The van der Waals surface area contributed by atoms with Crippen LogP contribution in [0.3, 0.4) is 0 Å². The molecule has 0 unspecified atom stereocenters. The Hall–Kier alpha value is -3.54. The first-order valence-electron chi connectivity index (χ1n) is 13.4. The Balaban J connectivity index is 1.35. The minimum Gasteiger partial charge on any atom is -0.462 e. The summed E-state index contributed by atoms with van der Waals surface area (Å²) in [5.74, 6) is 0.671. The standard InChI is InChI=1S/C31H40N2O4/c1-2-3-4-5-6-7-23-8-13-26(14-9-23)31(35)37-29-15-10-24(11-16-29)12-17-30(34)36-19-18-25-20-27(32)22-28(33)21-25/h2,10-12,15-17,20-23,26H,1,3-9,13-14,18-19,32-33H2/b17-12+. The molecule has 0 heterocycles. The predicted octanol–water partition coefficient (Wildman–Crippen LogP) is 6.50.